The standard InChI is InChI=1S/C22H25N3O3/c26-21(14-20-22(27)25-19-9-5-4-8-18(19)24-20)23-15-10-12-17(13-11-15)28-16-6-2-1-3-7-16/h1-3,6-7,10-13,18-20,24H,4-5,8-9,14H2,(H,23,26)(H,25,27)/t18-,19-,20+/m1/s1. The molecule has 0 radical (unpaired) electrons. The number of rotatable bonds is 5. The normalized spacial score (nSPS) is 24.0. The Morgan fingerprint density at radius 3 is 2.39 bits per heavy atom. The number of carbonyl (C=O) groups is 2. The predicted octanol–water partition coefficient (Wildman–Crippen LogP) is 3.21. The Kier molecular flexibility index (Phi) is 5.58. The number of piperazine rings is 1. The van der Waals surface area contributed by atoms with E-state index >= 15 is 0 Å². The third kappa shape index (κ3) is 4.51. The van der Waals surface area contributed by atoms with Crippen LogP contribution in [0.25, 0.3) is 0 Å². The number of anilines is 1. The largest absolute Gasteiger partial charge is 0.457 e. The smallest absolute Gasteiger partial charge is 0.237 e. The van der Waals surface area contributed by atoms with Gasteiger partial charge in [0.15, 0.2) is 0 Å². The van der Waals surface area contributed by atoms with Crippen molar-refractivity contribution in [1.29, 1.82) is 0 Å². The van der Waals surface area contributed by atoms with Crippen LogP contribution in [0, 0.1) is 0 Å². The molecule has 6 nitrogen and oxygen atoms in total. The third-order valence-electron chi connectivity index (χ3n) is 5.33. The lowest BCUT2D eigenvalue weighted by molar-refractivity contribution is -0.129. The van der Waals surface area contributed by atoms with Gasteiger partial charge in [-0.05, 0) is 49.2 Å². The fourth-order valence-corrected chi connectivity index (χ4v) is 3.90. The fraction of sp³-hybridized carbons (Fsp3) is 0.364. The van der Waals surface area contributed by atoms with E-state index in [-0.39, 0.29) is 30.3 Å². The number of ether oxygens (including phenoxy) is 1. The van der Waals surface area contributed by atoms with Crippen LogP contribution in [0.3, 0.4) is 0 Å². The molecule has 28 heavy (non-hydrogen) atoms. The van der Waals surface area contributed by atoms with Gasteiger partial charge in [-0.2, -0.15) is 0 Å². The summed E-state index contributed by atoms with van der Waals surface area (Å²) in [5.41, 5.74) is 0.678. The molecule has 1 saturated heterocycles. The first-order valence-corrected chi connectivity index (χ1v) is 9.86. The predicted molar refractivity (Wildman–Crippen MR) is 107 cm³/mol. The van der Waals surface area contributed by atoms with E-state index in [2.05, 4.69) is 16.0 Å². The quantitative estimate of drug-likeness (QED) is 0.745. The zero-order valence-corrected chi connectivity index (χ0v) is 15.7. The van der Waals surface area contributed by atoms with Crippen molar-refractivity contribution in [3.8, 4) is 11.5 Å². The summed E-state index contributed by atoms with van der Waals surface area (Å²) < 4.78 is 5.75. The van der Waals surface area contributed by atoms with Crippen LogP contribution in [0.2, 0.25) is 0 Å². The second-order valence-corrected chi connectivity index (χ2v) is 7.42. The van der Waals surface area contributed by atoms with Gasteiger partial charge in [0.2, 0.25) is 11.8 Å². The van der Waals surface area contributed by atoms with Gasteiger partial charge in [0.25, 0.3) is 0 Å². The van der Waals surface area contributed by atoms with Gasteiger partial charge in [-0.3, -0.25) is 9.59 Å². The van der Waals surface area contributed by atoms with Crippen LogP contribution in [-0.4, -0.2) is 29.9 Å². The van der Waals surface area contributed by atoms with Gasteiger partial charge in [0, 0.05) is 17.8 Å². The van der Waals surface area contributed by atoms with Crippen molar-refractivity contribution in [2.45, 2.75) is 50.2 Å². The van der Waals surface area contributed by atoms with Crippen molar-refractivity contribution in [3.05, 3.63) is 54.6 Å². The second kappa shape index (κ2) is 8.44. The fourth-order valence-electron chi connectivity index (χ4n) is 3.90. The second-order valence-electron chi connectivity index (χ2n) is 7.42. The number of hydrogen-bond donors (Lipinski definition) is 3. The van der Waals surface area contributed by atoms with Gasteiger partial charge in [-0.1, -0.05) is 31.0 Å². The first-order valence-electron chi connectivity index (χ1n) is 9.86. The van der Waals surface area contributed by atoms with Crippen molar-refractivity contribution in [2.75, 3.05) is 5.32 Å². The van der Waals surface area contributed by atoms with Crippen LogP contribution >= 0.6 is 0 Å². The highest BCUT2D eigenvalue weighted by atomic mass is 16.5. The maximum atomic E-state index is 12.4. The summed E-state index contributed by atoms with van der Waals surface area (Å²) in [6.07, 6.45) is 4.50. The molecule has 1 aliphatic carbocycles. The Hall–Kier alpha value is -2.86. The summed E-state index contributed by atoms with van der Waals surface area (Å²) in [6, 6.07) is 16.7. The van der Waals surface area contributed by atoms with Crippen molar-refractivity contribution in [3.63, 3.8) is 0 Å². The summed E-state index contributed by atoms with van der Waals surface area (Å²) in [5, 5.41) is 9.29. The number of fused-ring (bicyclic) bond motifs is 1. The van der Waals surface area contributed by atoms with Gasteiger partial charge < -0.3 is 20.7 Å². The highest BCUT2D eigenvalue weighted by Crippen LogP contribution is 2.24. The molecule has 2 aliphatic rings. The molecule has 3 N–H and O–H groups in total. The van der Waals surface area contributed by atoms with Crippen molar-refractivity contribution >= 4 is 17.5 Å². The topological polar surface area (TPSA) is 79.5 Å². The van der Waals surface area contributed by atoms with Crippen LogP contribution in [-0.2, 0) is 9.59 Å². The van der Waals surface area contributed by atoms with Crippen LogP contribution in [0.1, 0.15) is 32.1 Å². The Morgan fingerprint density at radius 1 is 0.964 bits per heavy atom. The molecule has 6 heteroatoms. The maximum Gasteiger partial charge on any atom is 0.237 e. The average molecular weight is 379 g/mol. The number of para-hydroxylation sites is 1. The lowest BCUT2D eigenvalue weighted by Crippen LogP contribution is -2.65. The zero-order valence-electron chi connectivity index (χ0n) is 15.7. The monoisotopic (exact) mass is 379 g/mol. The number of amides is 2. The highest BCUT2D eigenvalue weighted by Gasteiger charge is 2.36. The van der Waals surface area contributed by atoms with Gasteiger partial charge in [0.1, 0.15) is 11.5 Å². The molecule has 1 heterocycles. The summed E-state index contributed by atoms with van der Waals surface area (Å²) in [6.45, 7) is 0. The van der Waals surface area contributed by atoms with E-state index in [0.717, 1.165) is 25.0 Å². The first-order chi connectivity index (χ1) is 13.7. The summed E-state index contributed by atoms with van der Waals surface area (Å²) in [4.78, 5) is 24.7. The van der Waals surface area contributed by atoms with Crippen molar-refractivity contribution < 1.29 is 14.3 Å². The molecule has 2 amide bonds. The van der Waals surface area contributed by atoms with Crippen LogP contribution in [0.15, 0.2) is 54.6 Å². The molecule has 4 rings (SSSR count). The van der Waals surface area contributed by atoms with E-state index < -0.39 is 6.04 Å². The molecule has 2 aromatic rings. The Labute approximate surface area is 164 Å². The minimum atomic E-state index is -0.472. The van der Waals surface area contributed by atoms with E-state index in [9.17, 15) is 9.59 Å². The third-order valence-corrected chi connectivity index (χ3v) is 5.33. The number of hydrogen-bond acceptors (Lipinski definition) is 4. The van der Waals surface area contributed by atoms with E-state index in [4.69, 9.17) is 4.74 Å². The molecule has 0 unspecified atom stereocenters. The molecule has 0 bridgehead atoms. The van der Waals surface area contributed by atoms with E-state index in [1.165, 1.54) is 6.42 Å². The Morgan fingerprint density at radius 2 is 1.64 bits per heavy atom. The molecule has 1 aliphatic heterocycles. The highest BCUT2D eigenvalue weighted by molar-refractivity contribution is 5.95. The molecule has 2 fully saturated rings. The summed E-state index contributed by atoms with van der Waals surface area (Å²) in [5.74, 6) is 1.19. The number of benzene rings is 2. The lowest BCUT2D eigenvalue weighted by atomic mass is 9.87. The summed E-state index contributed by atoms with van der Waals surface area (Å²) in [7, 11) is 0. The van der Waals surface area contributed by atoms with Crippen molar-refractivity contribution in [2.24, 2.45) is 0 Å². The molecule has 2 aromatic carbocycles. The van der Waals surface area contributed by atoms with Gasteiger partial charge >= 0.3 is 0 Å². The van der Waals surface area contributed by atoms with E-state index in [1.54, 1.807) is 24.3 Å². The Balaban J connectivity index is 1.30. The minimum Gasteiger partial charge on any atom is -0.457 e. The molecular formula is C22H25N3O3. The van der Waals surface area contributed by atoms with E-state index in [1.807, 2.05) is 30.3 Å². The molecule has 146 valence electrons. The first kappa shape index (κ1) is 18.5. The number of carbonyl (C=O) groups excluding carboxylic acids is 2. The zero-order chi connectivity index (χ0) is 19.3. The average Bonchev–Trinajstić information content (AvgIpc) is 2.71. The van der Waals surface area contributed by atoms with Crippen LogP contribution < -0.4 is 20.7 Å². The van der Waals surface area contributed by atoms with Gasteiger partial charge in [0.05, 0.1) is 12.5 Å². The van der Waals surface area contributed by atoms with Crippen LogP contribution in [0.4, 0.5) is 5.69 Å². The number of nitrogens with one attached hydrogen (secondary N) is 3. The molecule has 1 saturated carbocycles. The van der Waals surface area contributed by atoms with E-state index in [0.29, 0.717) is 11.4 Å². The SMILES string of the molecule is O=C(C[C@@H]1N[C@@H]2CCCC[C@H]2NC1=O)Nc1ccc(Oc2ccccc2)cc1. The molecular weight excluding hydrogens is 354 g/mol. The Bertz CT molecular complexity index is 823. The van der Waals surface area contributed by atoms with Gasteiger partial charge in [-0.15, -0.1) is 0 Å². The van der Waals surface area contributed by atoms with Gasteiger partial charge in [-0.25, -0.2) is 0 Å². The lowest BCUT2D eigenvalue weighted by Gasteiger charge is -2.40. The molecule has 0 aromatic heterocycles. The van der Waals surface area contributed by atoms with Crippen LogP contribution in [0.5, 0.6) is 11.5 Å². The van der Waals surface area contributed by atoms with Crippen molar-refractivity contribution in [1.82, 2.24) is 10.6 Å². The summed E-state index contributed by atoms with van der Waals surface area (Å²) >= 11 is 0. The minimum absolute atomic E-state index is 0.0788. The molecule has 0 spiro atoms. The molecule has 3 atom stereocenters. The maximum absolute atomic E-state index is 12.4.